The first-order chi connectivity index (χ1) is 8.28. The molecule has 1 saturated heterocycles. The first kappa shape index (κ1) is 13.2. The summed E-state index contributed by atoms with van der Waals surface area (Å²) in [6.07, 6.45) is 5.36. The van der Waals surface area contributed by atoms with Crippen LogP contribution in [0.3, 0.4) is 0 Å². The summed E-state index contributed by atoms with van der Waals surface area (Å²) in [5.41, 5.74) is 0.354. The van der Waals surface area contributed by atoms with Gasteiger partial charge in [0.1, 0.15) is 0 Å². The molecule has 1 heterocycles. The Kier molecular flexibility index (Phi) is 4.70. The van der Waals surface area contributed by atoms with Crippen molar-refractivity contribution in [3.05, 3.63) is 0 Å². The Bertz CT molecular complexity index is 278. The lowest BCUT2D eigenvalue weighted by Gasteiger charge is -2.21. The van der Waals surface area contributed by atoms with Gasteiger partial charge in [0.05, 0.1) is 19.3 Å². The summed E-state index contributed by atoms with van der Waals surface area (Å²) in [4.78, 5) is 4.60. The van der Waals surface area contributed by atoms with Crippen LogP contribution >= 0.6 is 11.8 Å². The molecule has 0 bridgehead atoms. The average molecular weight is 258 g/mol. The average Bonchev–Trinajstić information content (AvgIpc) is 2.96. The van der Waals surface area contributed by atoms with Crippen LogP contribution < -0.4 is 5.32 Å². The van der Waals surface area contributed by atoms with E-state index in [1.165, 1.54) is 31.4 Å². The molecule has 98 valence electrons. The maximum absolute atomic E-state index is 5.30. The highest BCUT2D eigenvalue weighted by atomic mass is 32.2. The number of nitrogens with zero attached hydrogens (tertiary/aromatic N) is 1. The van der Waals surface area contributed by atoms with Crippen LogP contribution in [0.5, 0.6) is 0 Å². The summed E-state index contributed by atoms with van der Waals surface area (Å²) in [5, 5.41) is 4.69. The van der Waals surface area contributed by atoms with Gasteiger partial charge in [-0.2, -0.15) is 0 Å². The van der Waals surface area contributed by atoms with E-state index in [-0.39, 0.29) is 6.10 Å². The molecule has 1 aliphatic heterocycles. The van der Waals surface area contributed by atoms with Gasteiger partial charge in [0.2, 0.25) is 0 Å². The van der Waals surface area contributed by atoms with Crippen LogP contribution in [0.2, 0.25) is 0 Å². The van der Waals surface area contributed by atoms with E-state index in [9.17, 15) is 0 Å². The van der Waals surface area contributed by atoms with Gasteiger partial charge in [0.15, 0.2) is 5.17 Å². The molecule has 0 aromatic heterocycles. The second-order valence-electron chi connectivity index (χ2n) is 4.86. The fraction of sp³-hybridized carbons (Fsp3) is 0.917. The van der Waals surface area contributed by atoms with Gasteiger partial charge in [-0.25, -0.2) is 0 Å². The number of methoxy groups -OCH3 is 2. The molecule has 1 unspecified atom stereocenters. The highest BCUT2D eigenvalue weighted by Gasteiger charge is 2.39. The summed E-state index contributed by atoms with van der Waals surface area (Å²) in [7, 11) is 3.40. The topological polar surface area (TPSA) is 42.8 Å². The Morgan fingerprint density at radius 1 is 1.41 bits per heavy atom. The van der Waals surface area contributed by atoms with E-state index in [4.69, 9.17) is 9.47 Å². The zero-order chi connectivity index (χ0) is 12.1. The molecule has 1 spiro atoms. The maximum atomic E-state index is 5.30. The molecule has 17 heavy (non-hydrogen) atoms. The van der Waals surface area contributed by atoms with E-state index in [2.05, 4.69) is 10.3 Å². The normalized spacial score (nSPS) is 26.6. The Labute approximate surface area is 108 Å². The van der Waals surface area contributed by atoms with Crippen molar-refractivity contribution in [3.8, 4) is 0 Å². The van der Waals surface area contributed by atoms with Crippen molar-refractivity contribution in [3.63, 3.8) is 0 Å². The van der Waals surface area contributed by atoms with Crippen molar-refractivity contribution >= 4 is 16.9 Å². The smallest absolute Gasteiger partial charge is 0.157 e. The number of rotatable bonds is 5. The number of hydrogen-bond acceptors (Lipinski definition) is 4. The molecular weight excluding hydrogens is 236 g/mol. The highest BCUT2D eigenvalue weighted by Crippen LogP contribution is 2.37. The summed E-state index contributed by atoms with van der Waals surface area (Å²) in [6.45, 7) is 1.28. The van der Waals surface area contributed by atoms with E-state index in [1.54, 1.807) is 14.2 Å². The summed E-state index contributed by atoms with van der Waals surface area (Å²) < 4.78 is 10.4. The minimum Gasteiger partial charge on any atom is -0.382 e. The minimum atomic E-state index is 0.0648. The zero-order valence-corrected chi connectivity index (χ0v) is 11.5. The SMILES string of the molecule is COCC(CN=C1NC2(CCCC2)CS1)OC. The van der Waals surface area contributed by atoms with Crippen LogP contribution in [0.4, 0.5) is 0 Å². The van der Waals surface area contributed by atoms with E-state index in [1.807, 2.05) is 11.8 Å². The monoisotopic (exact) mass is 258 g/mol. The lowest BCUT2D eigenvalue weighted by atomic mass is 10.0. The second kappa shape index (κ2) is 6.07. The van der Waals surface area contributed by atoms with Gasteiger partial charge in [-0.15, -0.1) is 0 Å². The molecule has 5 heteroatoms. The summed E-state index contributed by atoms with van der Waals surface area (Å²) in [6, 6.07) is 0. The van der Waals surface area contributed by atoms with E-state index in [0.717, 1.165) is 5.17 Å². The summed E-state index contributed by atoms with van der Waals surface area (Å²) in [5.74, 6) is 1.17. The second-order valence-corrected chi connectivity index (χ2v) is 5.82. The van der Waals surface area contributed by atoms with Gasteiger partial charge in [-0.3, -0.25) is 4.99 Å². The predicted octanol–water partition coefficient (Wildman–Crippen LogP) is 1.65. The largest absolute Gasteiger partial charge is 0.382 e. The van der Waals surface area contributed by atoms with Crippen molar-refractivity contribution in [2.45, 2.75) is 37.3 Å². The van der Waals surface area contributed by atoms with Crippen molar-refractivity contribution < 1.29 is 9.47 Å². The Hall–Kier alpha value is -0.260. The van der Waals surface area contributed by atoms with Crippen molar-refractivity contribution in [1.82, 2.24) is 5.32 Å². The number of ether oxygens (including phenoxy) is 2. The third-order valence-corrected chi connectivity index (χ3v) is 4.74. The van der Waals surface area contributed by atoms with Crippen molar-refractivity contribution in [2.24, 2.45) is 4.99 Å². The molecule has 0 aromatic rings. The molecule has 2 aliphatic rings. The van der Waals surface area contributed by atoms with Crippen LogP contribution in [0.1, 0.15) is 25.7 Å². The zero-order valence-electron chi connectivity index (χ0n) is 10.7. The van der Waals surface area contributed by atoms with Crippen LogP contribution in [0, 0.1) is 0 Å². The third-order valence-electron chi connectivity index (χ3n) is 3.54. The first-order valence-electron chi connectivity index (χ1n) is 6.25. The Morgan fingerprint density at radius 2 is 2.18 bits per heavy atom. The van der Waals surface area contributed by atoms with E-state index >= 15 is 0 Å². The third kappa shape index (κ3) is 3.36. The predicted molar refractivity (Wildman–Crippen MR) is 71.8 cm³/mol. The first-order valence-corrected chi connectivity index (χ1v) is 7.24. The standard InChI is InChI=1S/C12H22N2O2S/c1-15-8-10(16-2)7-13-11-14-12(9-17-11)5-3-4-6-12/h10H,3-9H2,1-2H3,(H,13,14). The van der Waals surface area contributed by atoms with Gasteiger partial charge in [-0.1, -0.05) is 24.6 Å². The van der Waals surface area contributed by atoms with Crippen LogP contribution in [0.15, 0.2) is 4.99 Å². The fourth-order valence-electron chi connectivity index (χ4n) is 2.48. The van der Waals surface area contributed by atoms with Gasteiger partial charge < -0.3 is 14.8 Å². The van der Waals surface area contributed by atoms with Crippen LogP contribution in [0.25, 0.3) is 0 Å². The number of nitrogens with one attached hydrogen (secondary N) is 1. The molecule has 2 fully saturated rings. The van der Waals surface area contributed by atoms with Gasteiger partial charge in [0, 0.05) is 25.5 Å². The van der Waals surface area contributed by atoms with E-state index < -0.39 is 0 Å². The van der Waals surface area contributed by atoms with Crippen molar-refractivity contribution in [1.29, 1.82) is 0 Å². The Balaban J connectivity index is 1.82. The quantitative estimate of drug-likeness (QED) is 0.814. The Morgan fingerprint density at radius 3 is 2.82 bits per heavy atom. The molecule has 1 atom stereocenters. The molecule has 0 amide bonds. The molecule has 1 saturated carbocycles. The molecule has 1 aliphatic carbocycles. The lowest BCUT2D eigenvalue weighted by molar-refractivity contribution is 0.0344. The number of hydrogen-bond donors (Lipinski definition) is 1. The molecular formula is C12H22N2O2S. The highest BCUT2D eigenvalue weighted by molar-refractivity contribution is 8.14. The fourth-order valence-corrected chi connectivity index (χ4v) is 3.71. The molecule has 1 N–H and O–H groups in total. The number of thioether (sulfide) groups is 1. The molecule has 2 rings (SSSR count). The lowest BCUT2D eigenvalue weighted by Crippen LogP contribution is -2.40. The molecule has 0 radical (unpaired) electrons. The number of aliphatic imine (C=N–C) groups is 1. The van der Waals surface area contributed by atoms with Crippen LogP contribution in [-0.2, 0) is 9.47 Å². The van der Waals surface area contributed by atoms with E-state index in [0.29, 0.717) is 18.7 Å². The van der Waals surface area contributed by atoms with Gasteiger partial charge in [-0.05, 0) is 12.8 Å². The maximum Gasteiger partial charge on any atom is 0.157 e. The van der Waals surface area contributed by atoms with Gasteiger partial charge in [0.25, 0.3) is 0 Å². The van der Waals surface area contributed by atoms with Crippen molar-refractivity contribution in [2.75, 3.05) is 33.1 Å². The van der Waals surface area contributed by atoms with Gasteiger partial charge >= 0.3 is 0 Å². The summed E-state index contributed by atoms with van der Waals surface area (Å²) >= 11 is 1.85. The molecule has 0 aromatic carbocycles. The number of amidine groups is 1. The van der Waals surface area contributed by atoms with Crippen LogP contribution in [-0.4, -0.2) is 49.9 Å². The minimum absolute atomic E-state index is 0.0648. The molecule has 4 nitrogen and oxygen atoms in total.